The standard InChI is InChI=1S/C16H24N2O/c1-18-10-15(11-18)19-14-6-4-13(5-7-14)16(12-17)8-2-3-9-16/h4-7,15H,2-3,8-12,17H2,1H3. The molecule has 0 bridgehead atoms. The molecule has 3 nitrogen and oxygen atoms in total. The lowest BCUT2D eigenvalue weighted by Crippen LogP contribution is -2.51. The Morgan fingerprint density at radius 1 is 1.21 bits per heavy atom. The highest BCUT2D eigenvalue weighted by atomic mass is 16.5. The molecule has 3 rings (SSSR count). The fraction of sp³-hybridized carbons (Fsp3) is 0.625. The molecule has 1 saturated carbocycles. The van der Waals surface area contributed by atoms with Gasteiger partial charge in [-0.1, -0.05) is 25.0 Å². The third-order valence-electron chi connectivity index (χ3n) is 4.75. The Morgan fingerprint density at radius 2 is 1.84 bits per heavy atom. The van der Waals surface area contributed by atoms with Gasteiger partial charge < -0.3 is 10.5 Å². The van der Waals surface area contributed by atoms with Gasteiger partial charge in [-0.3, -0.25) is 4.90 Å². The smallest absolute Gasteiger partial charge is 0.124 e. The molecule has 1 heterocycles. The third-order valence-corrected chi connectivity index (χ3v) is 4.75. The summed E-state index contributed by atoms with van der Waals surface area (Å²) in [5.41, 5.74) is 7.65. The molecule has 0 atom stereocenters. The number of hydrogen-bond donors (Lipinski definition) is 1. The van der Waals surface area contributed by atoms with Crippen LogP contribution in [0, 0.1) is 0 Å². The van der Waals surface area contributed by atoms with Crippen LogP contribution in [0.25, 0.3) is 0 Å². The maximum Gasteiger partial charge on any atom is 0.124 e. The van der Waals surface area contributed by atoms with E-state index in [1.54, 1.807) is 0 Å². The van der Waals surface area contributed by atoms with Crippen molar-refractivity contribution in [1.29, 1.82) is 0 Å². The van der Waals surface area contributed by atoms with E-state index in [0.717, 1.165) is 25.4 Å². The molecule has 0 aromatic heterocycles. The van der Waals surface area contributed by atoms with Gasteiger partial charge in [-0.2, -0.15) is 0 Å². The lowest BCUT2D eigenvalue weighted by molar-refractivity contribution is 0.0388. The van der Waals surface area contributed by atoms with Gasteiger partial charge in [0.15, 0.2) is 0 Å². The predicted molar refractivity (Wildman–Crippen MR) is 77.6 cm³/mol. The minimum absolute atomic E-state index is 0.231. The number of ether oxygens (including phenoxy) is 1. The zero-order chi connectivity index (χ0) is 13.3. The second kappa shape index (κ2) is 5.14. The monoisotopic (exact) mass is 260 g/mol. The molecule has 0 spiro atoms. The van der Waals surface area contributed by atoms with E-state index < -0.39 is 0 Å². The van der Waals surface area contributed by atoms with E-state index in [0.29, 0.717) is 6.10 Å². The molecule has 1 aliphatic heterocycles. The number of benzene rings is 1. The van der Waals surface area contributed by atoms with E-state index in [1.165, 1.54) is 31.2 Å². The van der Waals surface area contributed by atoms with E-state index in [4.69, 9.17) is 10.5 Å². The Balaban J connectivity index is 1.68. The number of likely N-dealkylation sites (tertiary alicyclic amines) is 1. The van der Waals surface area contributed by atoms with E-state index >= 15 is 0 Å². The van der Waals surface area contributed by atoms with Crippen molar-refractivity contribution >= 4 is 0 Å². The van der Waals surface area contributed by atoms with Gasteiger partial charge in [0, 0.05) is 25.0 Å². The molecule has 104 valence electrons. The fourth-order valence-electron chi connectivity index (χ4n) is 3.46. The minimum Gasteiger partial charge on any atom is -0.488 e. The van der Waals surface area contributed by atoms with Crippen molar-refractivity contribution in [3.8, 4) is 5.75 Å². The molecule has 2 aliphatic rings. The van der Waals surface area contributed by atoms with Gasteiger partial charge in [0.2, 0.25) is 0 Å². The first-order valence-electron chi connectivity index (χ1n) is 7.38. The lowest BCUT2D eigenvalue weighted by atomic mass is 9.79. The van der Waals surface area contributed by atoms with Crippen molar-refractivity contribution < 1.29 is 4.74 Å². The van der Waals surface area contributed by atoms with Crippen LogP contribution in [0.3, 0.4) is 0 Å². The highest BCUT2D eigenvalue weighted by Gasteiger charge is 2.34. The van der Waals surface area contributed by atoms with Crippen LogP contribution in [0.4, 0.5) is 0 Å². The second-order valence-corrected chi connectivity index (χ2v) is 6.18. The Morgan fingerprint density at radius 3 is 2.37 bits per heavy atom. The molecule has 1 saturated heterocycles. The summed E-state index contributed by atoms with van der Waals surface area (Å²) in [6.07, 6.45) is 5.45. The molecule has 0 unspecified atom stereocenters. The van der Waals surface area contributed by atoms with Crippen molar-refractivity contribution in [2.24, 2.45) is 5.73 Å². The largest absolute Gasteiger partial charge is 0.488 e. The van der Waals surface area contributed by atoms with Gasteiger partial charge in [-0.25, -0.2) is 0 Å². The van der Waals surface area contributed by atoms with Crippen LogP contribution < -0.4 is 10.5 Å². The van der Waals surface area contributed by atoms with Crippen LogP contribution in [0.15, 0.2) is 24.3 Å². The minimum atomic E-state index is 0.231. The van der Waals surface area contributed by atoms with Crippen LogP contribution in [-0.2, 0) is 5.41 Å². The zero-order valence-electron chi connectivity index (χ0n) is 11.8. The van der Waals surface area contributed by atoms with Crippen molar-refractivity contribution in [3.63, 3.8) is 0 Å². The van der Waals surface area contributed by atoms with Crippen molar-refractivity contribution in [3.05, 3.63) is 29.8 Å². The van der Waals surface area contributed by atoms with Crippen LogP contribution >= 0.6 is 0 Å². The van der Waals surface area contributed by atoms with Crippen LogP contribution in [0.5, 0.6) is 5.75 Å². The maximum atomic E-state index is 6.03. The van der Waals surface area contributed by atoms with Gasteiger partial charge in [0.25, 0.3) is 0 Å². The predicted octanol–water partition coefficient (Wildman–Crippen LogP) is 2.15. The van der Waals surface area contributed by atoms with E-state index in [1.807, 2.05) is 0 Å². The molecule has 2 fully saturated rings. The number of nitrogens with zero attached hydrogens (tertiary/aromatic N) is 1. The lowest BCUT2D eigenvalue weighted by Gasteiger charge is -2.36. The Bertz CT molecular complexity index is 417. The Labute approximate surface area is 115 Å². The summed E-state index contributed by atoms with van der Waals surface area (Å²) in [6, 6.07) is 8.67. The van der Waals surface area contributed by atoms with Gasteiger partial charge in [-0.15, -0.1) is 0 Å². The first-order chi connectivity index (χ1) is 9.22. The van der Waals surface area contributed by atoms with Crippen molar-refractivity contribution in [2.45, 2.75) is 37.2 Å². The molecule has 1 aromatic carbocycles. The number of rotatable bonds is 4. The summed E-state index contributed by atoms with van der Waals surface area (Å²) in [4.78, 5) is 2.26. The molecule has 19 heavy (non-hydrogen) atoms. The van der Waals surface area contributed by atoms with E-state index in [2.05, 4.69) is 36.2 Å². The van der Waals surface area contributed by atoms with E-state index in [9.17, 15) is 0 Å². The highest BCUT2D eigenvalue weighted by Crippen LogP contribution is 2.40. The first kappa shape index (κ1) is 12.9. The second-order valence-electron chi connectivity index (χ2n) is 6.18. The maximum absolute atomic E-state index is 6.03. The zero-order valence-corrected chi connectivity index (χ0v) is 11.8. The van der Waals surface area contributed by atoms with Gasteiger partial charge >= 0.3 is 0 Å². The Kier molecular flexibility index (Phi) is 3.50. The average molecular weight is 260 g/mol. The van der Waals surface area contributed by atoms with Crippen LogP contribution in [0.1, 0.15) is 31.2 Å². The first-order valence-corrected chi connectivity index (χ1v) is 7.38. The summed E-state index contributed by atoms with van der Waals surface area (Å²) < 4.78 is 5.93. The number of hydrogen-bond acceptors (Lipinski definition) is 3. The third kappa shape index (κ3) is 2.49. The van der Waals surface area contributed by atoms with Crippen LogP contribution in [0.2, 0.25) is 0 Å². The van der Waals surface area contributed by atoms with Crippen LogP contribution in [-0.4, -0.2) is 37.7 Å². The summed E-state index contributed by atoms with van der Waals surface area (Å²) in [7, 11) is 2.12. The molecule has 2 N–H and O–H groups in total. The highest BCUT2D eigenvalue weighted by molar-refractivity contribution is 5.33. The quantitative estimate of drug-likeness (QED) is 0.901. The molecule has 3 heteroatoms. The Hall–Kier alpha value is -1.06. The molecule has 1 aliphatic carbocycles. The molecular weight excluding hydrogens is 236 g/mol. The number of nitrogens with two attached hydrogens (primary N) is 1. The molecule has 0 amide bonds. The number of likely N-dealkylation sites (N-methyl/N-ethyl adjacent to an activating group) is 1. The summed E-state index contributed by atoms with van der Waals surface area (Å²) in [5.74, 6) is 0.993. The van der Waals surface area contributed by atoms with Crippen molar-refractivity contribution in [1.82, 2.24) is 4.90 Å². The van der Waals surface area contributed by atoms with Gasteiger partial charge in [0.05, 0.1) is 0 Å². The molecule has 1 aromatic rings. The fourth-order valence-corrected chi connectivity index (χ4v) is 3.46. The molecular formula is C16H24N2O. The molecule has 0 radical (unpaired) electrons. The SMILES string of the molecule is CN1CC(Oc2ccc(C3(CN)CCCC3)cc2)C1. The van der Waals surface area contributed by atoms with Gasteiger partial charge in [-0.05, 0) is 37.6 Å². The summed E-state index contributed by atoms with van der Waals surface area (Å²) >= 11 is 0. The summed E-state index contributed by atoms with van der Waals surface area (Å²) in [6.45, 7) is 2.84. The van der Waals surface area contributed by atoms with E-state index in [-0.39, 0.29) is 5.41 Å². The van der Waals surface area contributed by atoms with Gasteiger partial charge in [0.1, 0.15) is 11.9 Å². The van der Waals surface area contributed by atoms with Crippen molar-refractivity contribution in [2.75, 3.05) is 26.7 Å². The topological polar surface area (TPSA) is 38.5 Å². The normalized spacial score (nSPS) is 23.3. The average Bonchev–Trinajstić information content (AvgIpc) is 2.88. The summed E-state index contributed by atoms with van der Waals surface area (Å²) in [5, 5.41) is 0.